The number of fused-ring (bicyclic) bond motifs is 1. The molecule has 2 N–H and O–H groups in total. The minimum Gasteiger partial charge on any atom is -0.361 e. The summed E-state index contributed by atoms with van der Waals surface area (Å²) in [6, 6.07) is 16.6. The van der Waals surface area contributed by atoms with E-state index < -0.39 is 10.0 Å². The lowest BCUT2D eigenvalue weighted by atomic mass is 10.0. The zero-order valence-electron chi connectivity index (χ0n) is 16.4. The third-order valence-electron chi connectivity index (χ3n) is 4.84. The Hall–Kier alpha value is -3.67. The van der Waals surface area contributed by atoms with Crippen molar-refractivity contribution in [3.05, 3.63) is 72.7 Å². The average molecular weight is 417 g/mol. The number of nitrogens with one attached hydrogen (secondary N) is 2. The van der Waals surface area contributed by atoms with Gasteiger partial charge in [-0.25, -0.2) is 12.7 Å². The highest BCUT2D eigenvalue weighted by atomic mass is 32.2. The molecule has 4 aromatic rings. The van der Waals surface area contributed by atoms with Gasteiger partial charge in [0.2, 0.25) is 10.0 Å². The number of anilines is 2. The lowest BCUT2D eigenvalue weighted by Gasteiger charge is -2.16. The first-order valence-electron chi connectivity index (χ1n) is 9.16. The summed E-state index contributed by atoms with van der Waals surface area (Å²) in [4.78, 5) is 7.52. The predicted octanol–water partition coefficient (Wildman–Crippen LogP) is 4.10. The molecule has 4 rings (SSSR count). The van der Waals surface area contributed by atoms with E-state index in [9.17, 15) is 13.7 Å². The molecular formula is C22H19N5O2S. The summed E-state index contributed by atoms with van der Waals surface area (Å²) in [5.41, 5.74) is 4.01. The maximum Gasteiger partial charge on any atom is 0.242 e. The summed E-state index contributed by atoms with van der Waals surface area (Å²) in [7, 11) is -0.612. The third kappa shape index (κ3) is 3.41. The highest BCUT2D eigenvalue weighted by Gasteiger charge is 2.19. The maximum absolute atomic E-state index is 12.6. The molecule has 0 unspecified atom stereocenters. The summed E-state index contributed by atoms with van der Waals surface area (Å²) < 4.78 is 26.3. The van der Waals surface area contributed by atoms with Gasteiger partial charge in [0.1, 0.15) is 6.07 Å². The molecule has 2 aromatic heterocycles. The zero-order chi connectivity index (χ0) is 21.3. The fourth-order valence-electron chi connectivity index (χ4n) is 3.26. The van der Waals surface area contributed by atoms with Crippen LogP contribution in [0.4, 0.5) is 11.4 Å². The fraction of sp³-hybridized carbons (Fsp3) is 0.0909. The molecule has 2 aromatic carbocycles. The standard InChI is InChI=1S/C22H19N5O2S/c1-27(2)30(28,29)17-6-3-5-15(11-17)19-14-24-13-16(12-23)22(19)26-21-8-4-7-20-18(21)9-10-25-20/h3-11,13-14,25H,1-2H3,(H,24,26). The Morgan fingerprint density at radius 1 is 1.10 bits per heavy atom. The van der Waals surface area contributed by atoms with Crippen LogP contribution < -0.4 is 5.32 Å². The summed E-state index contributed by atoms with van der Waals surface area (Å²) >= 11 is 0. The highest BCUT2D eigenvalue weighted by molar-refractivity contribution is 7.89. The zero-order valence-corrected chi connectivity index (χ0v) is 17.2. The van der Waals surface area contributed by atoms with Gasteiger partial charge >= 0.3 is 0 Å². The van der Waals surface area contributed by atoms with Crippen LogP contribution in [0.15, 0.2) is 72.0 Å². The van der Waals surface area contributed by atoms with E-state index in [1.54, 1.807) is 30.5 Å². The van der Waals surface area contributed by atoms with Crippen LogP contribution in [0.3, 0.4) is 0 Å². The number of hydrogen-bond donors (Lipinski definition) is 2. The molecule has 8 heteroatoms. The number of aromatic nitrogens is 2. The van der Waals surface area contributed by atoms with Crippen LogP contribution in [0.5, 0.6) is 0 Å². The predicted molar refractivity (Wildman–Crippen MR) is 117 cm³/mol. The number of benzene rings is 2. The number of hydrogen-bond acceptors (Lipinski definition) is 5. The minimum absolute atomic E-state index is 0.172. The number of nitriles is 1. The summed E-state index contributed by atoms with van der Waals surface area (Å²) in [6.07, 6.45) is 4.97. The fourth-order valence-corrected chi connectivity index (χ4v) is 4.21. The molecule has 7 nitrogen and oxygen atoms in total. The molecule has 0 saturated heterocycles. The Morgan fingerprint density at radius 2 is 1.90 bits per heavy atom. The van der Waals surface area contributed by atoms with Crippen LogP contribution >= 0.6 is 0 Å². The lowest BCUT2D eigenvalue weighted by molar-refractivity contribution is 0.521. The molecule has 0 aliphatic carbocycles. The molecule has 0 amide bonds. The van der Waals surface area contributed by atoms with Gasteiger partial charge in [0, 0.05) is 54.8 Å². The number of nitrogens with zero attached hydrogens (tertiary/aromatic N) is 3. The Labute approximate surface area is 174 Å². The lowest BCUT2D eigenvalue weighted by Crippen LogP contribution is -2.22. The Morgan fingerprint density at radius 3 is 2.67 bits per heavy atom. The van der Waals surface area contributed by atoms with E-state index in [0.717, 1.165) is 16.6 Å². The van der Waals surface area contributed by atoms with Gasteiger partial charge in [-0.3, -0.25) is 4.98 Å². The molecule has 0 fully saturated rings. The van der Waals surface area contributed by atoms with E-state index in [1.165, 1.54) is 24.6 Å². The van der Waals surface area contributed by atoms with E-state index in [0.29, 0.717) is 22.4 Å². The molecule has 0 spiro atoms. The quantitative estimate of drug-likeness (QED) is 0.509. The van der Waals surface area contributed by atoms with Crippen molar-refractivity contribution in [1.29, 1.82) is 5.26 Å². The number of H-pyrrole nitrogens is 1. The second kappa shape index (κ2) is 7.63. The van der Waals surface area contributed by atoms with Gasteiger partial charge in [0.15, 0.2) is 0 Å². The van der Waals surface area contributed by atoms with E-state index in [1.807, 2.05) is 30.5 Å². The van der Waals surface area contributed by atoms with E-state index in [2.05, 4.69) is 21.4 Å². The number of rotatable bonds is 5. The molecule has 0 bridgehead atoms. The second-order valence-corrected chi connectivity index (χ2v) is 9.06. The van der Waals surface area contributed by atoms with E-state index in [4.69, 9.17) is 0 Å². The van der Waals surface area contributed by atoms with Crippen LogP contribution in [-0.4, -0.2) is 36.8 Å². The van der Waals surface area contributed by atoms with Gasteiger partial charge in [-0.2, -0.15) is 5.26 Å². The molecule has 150 valence electrons. The van der Waals surface area contributed by atoms with E-state index in [-0.39, 0.29) is 4.90 Å². The highest BCUT2D eigenvalue weighted by Crippen LogP contribution is 2.35. The van der Waals surface area contributed by atoms with Crippen molar-refractivity contribution >= 4 is 32.3 Å². The molecule has 0 aliphatic heterocycles. The van der Waals surface area contributed by atoms with Crippen molar-refractivity contribution in [1.82, 2.24) is 14.3 Å². The molecule has 0 saturated carbocycles. The molecule has 0 radical (unpaired) electrons. The number of pyridine rings is 1. The Kier molecular flexibility index (Phi) is 4.99. The second-order valence-electron chi connectivity index (χ2n) is 6.91. The van der Waals surface area contributed by atoms with Gasteiger partial charge in [-0.1, -0.05) is 18.2 Å². The van der Waals surface area contributed by atoms with E-state index >= 15 is 0 Å². The normalized spacial score (nSPS) is 11.5. The van der Waals surface area contributed by atoms with Crippen molar-refractivity contribution in [2.24, 2.45) is 0 Å². The SMILES string of the molecule is CN(C)S(=O)(=O)c1cccc(-c2cncc(C#N)c2Nc2cccc3[nH]ccc23)c1. The van der Waals surface area contributed by atoms with Crippen molar-refractivity contribution in [2.75, 3.05) is 19.4 Å². The summed E-state index contributed by atoms with van der Waals surface area (Å²) in [5.74, 6) is 0. The summed E-state index contributed by atoms with van der Waals surface area (Å²) in [6.45, 7) is 0. The van der Waals surface area contributed by atoms with Crippen LogP contribution in [0.25, 0.3) is 22.0 Å². The molecule has 0 atom stereocenters. The van der Waals surface area contributed by atoms with Gasteiger partial charge in [0.25, 0.3) is 0 Å². The summed E-state index contributed by atoms with van der Waals surface area (Å²) in [5, 5.41) is 14.0. The van der Waals surface area contributed by atoms with Gasteiger partial charge in [0.05, 0.1) is 16.1 Å². The smallest absolute Gasteiger partial charge is 0.242 e. The first-order valence-corrected chi connectivity index (χ1v) is 10.6. The largest absolute Gasteiger partial charge is 0.361 e. The first-order chi connectivity index (χ1) is 14.4. The Balaban J connectivity index is 1.87. The topological polar surface area (TPSA) is 102 Å². The molecule has 30 heavy (non-hydrogen) atoms. The third-order valence-corrected chi connectivity index (χ3v) is 6.66. The minimum atomic E-state index is -3.59. The van der Waals surface area contributed by atoms with Crippen molar-refractivity contribution in [3.63, 3.8) is 0 Å². The molecule has 2 heterocycles. The molecule has 0 aliphatic rings. The van der Waals surface area contributed by atoms with Crippen molar-refractivity contribution < 1.29 is 8.42 Å². The van der Waals surface area contributed by atoms with Crippen LogP contribution in [0.1, 0.15) is 5.56 Å². The van der Waals surface area contributed by atoms with Gasteiger partial charge < -0.3 is 10.3 Å². The van der Waals surface area contributed by atoms with Crippen LogP contribution in [0, 0.1) is 11.3 Å². The van der Waals surface area contributed by atoms with Gasteiger partial charge in [-0.05, 0) is 35.9 Å². The Bertz CT molecular complexity index is 1380. The first kappa shape index (κ1) is 19.6. The van der Waals surface area contributed by atoms with Crippen molar-refractivity contribution in [3.8, 4) is 17.2 Å². The molecular weight excluding hydrogens is 398 g/mol. The number of sulfonamides is 1. The maximum atomic E-state index is 12.6. The van der Waals surface area contributed by atoms with Crippen molar-refractivity contribution in [2.45, 2.75) is 4.90 Å². The van der Waals surface area contributed by atoms with Crippen LogP contribution in [-0.2, 0) is 10.0 Å². The van der Waals surface area contributed by atoms with Gasteiger partial charge in [-0.15, -0.1) is 0 Å². The van der Waals surface area contributed by atoms with Crippen LogP contribution in [0.2, 0.25) is 0 Å². The number of aromatic amines is 1. The monoisotopic (exact) mass is 417 g/mol. The average Bonchev–Trinajstić information content (AvgIpc) is 3.24.